The third kappa shape index (κ3) is 7.37. The minimum absolute atomic E-state index is 0.911. The molecule has 1 heteroatoms. The van der Waals surface area contributed by atoms with Crippen LogP contribution in [0.5, 0.6) is 0 Å². The largest absolute Gasteiger partial charge is 0.309 e. The molecule has 0 aliphatic rings. The van der Waals surface area contributed by atoms with Crippen LogP contribution in [0.4, 0.5) is 0 Å². The molecule has 0 saturated heterocycles. The van der Waals surface area contributed by atoms with E-state index in [1.54, 1.807) is 0 Å². The van der Waals surface area contributed by atoms with Gasteiger partial charge in [-0.2, -0.15) is 0 Å². The molecule has 0 aliphatic heterocycles. The van der Waals surface area contributed by atoms with Gasteiger partial charge >= 0.3 is 0 Å². The normalized spacial score (nSPS) is 15.9. The molecule has 0 aliphatic carbocycles. The van der Waals surface area contributed by atoms with E-state index in [9.17, 15) is 0 Å². The van der Waals surface area contributed by atoms with Gasteiger partial charge in [-0.05, 0) is 45.3 Å². The summed E-state index contributed by atoms with van der Waals surface area (Å²) in [6, 6.07) is 0. The van der Waals surface area contributed by atoms with Crippen LogP contribution in [0.25, 0.3) is 0 Å². The van der Waals surface area contributed by atoms with Crippen molar-refractivity contribution in [2.45, 2.75) is 52.9 Å². The lowest BCUT2D eigenvalue weighted by atomic mass is 9.88. The Morgan fingerprint density at radius 2 is 1.71 bits per heavy atom. The molecule has 1 nitrogen and oxygen atoms in total. The Labute approximate surface area is 90.9 Å². The highest BCUT2D eigenvalue weighted by molar-refractivity contribution is 4.64. The van der Waals surface area contributed by atoms with Gasteiger partial charge in [0.05, 0.1) is 0 Å². The molecule has 0 aromatic carbocycles. The molecule has 1 unspecified atom stereocenters. The van der Waals surface area contributed by atoms with Gasteiger partial charge in [-0.3, -0.25) is 0 Å². The van der Waals surface area contributed by atoms with Crippen LogP contribution in [0, 0.1) is 11.8 Å². The average Bonchev–Trinajstić information content (AvgIpc) is 2.14. The van der Waals surface area contributed by atoms with Crippen molar-refractivity contribution in [1.29, 1.82) is 0 Å². The maximum atomic E-state index is 2.39. The van der Waals surface area contributed by atoms with E-state index in [4.69, 9.17) is 0 Å². The molecule has 0 rings (SSSR count). The van der Waals surface area contributed by atoms with Crippen LogP contribution in [-0.4, -0.2) is 25.5 Å². The van der Waals surface area contributed by atoms with Crippen molar-refractivity contribution < 1.29 is 0 Å². The molecule has 0 aromatic rings. The van der Waals surface area contributed by atoms with E-state index >= 15 is 0 Å². The summed E-state index contributed by atoms with van der Waals surface area (Å²) in [7, 11) is 4.35. The zero-order chi connectivity index (χ0) is 11.0. The van der Waals surface area contributed by atoms with Crippen LogP contribution in [0.3, 0.4) is 0 Å². The minimum atomic E-state index is 0.911. The van der Waals surface area contributed by atoms with Gasteiger partial charge in [0.1, 0.15) is 0 Å². The lowest BCUT2D eigenvalue weighted by molar-refractivity contribution is 0.294. The Hall–Kier alpha value is -0.0400. The van der Waals surface area contributed by atoms with E-state index in [0.717, 1.165) is 11.8 Å². The Morgan fingerprint density at radius 3 is 2.14 bits per heavy atom. The fourth-order valence-electron chi connectivity index (χ4n) is 1.96. The van der Waals surface area contributed by atoms with E-state index in [-0.39, 0.29) is 0 Å². The first-order chi connectivity index (χ1) is 6.60. The number of hydrogen-bond acceptors (Lipinski definition) is 1. The van der Waals surface area contributed by atoms with Crippen molar-refractivity contribution in [1.82, 2.24) is 4.90 Å². The molecule has 0 radical (unpaired) electrons. The van der Waals surface area contributed by atoms with Gasteiger partial charge in [-0.25, -0.2) is 0 Å². The molecule has 0 aromatic heterocycles. The molecule has 0 spiro atoms. The van der Waals surface area contributed by atoms with Crippen molar-refractivity contribution in [2.75, 3.05) is 20.6 Å². The van der Waals surface area contributed by atoms with Crippen molar-refractivity contribution >= 4 is 0 Å². The zero-order valence-corrected chi connectivity index (χ0v) is 10.8. The standard InChI is InChI=1S/C13H29N/c1-6-8-13(9-10-14(4)5)11-12(3)7-2/h12-13H,6-11H2,1-5H3/t12-,13?/m1/s1. The van der Waals surface area contributed by atoms with Gasteiger partial charge in [0.15, 0.2) is 0 Å². The summed E-state index contributed by atoms with van der Waals surface area (Å²) in [6.45, 7) is 8.25. The molecule has 0 saturated carbocycles. The monoisotopic (exact) mass is 199 g/mol. The molecule has 2 atom stereocenters. The van der Waals surface area contributed by atoms with Gasteiger partial charge in [0, 0.05) is 0 Å². The van der Waals surface area contributed by atoms with Crippen LogP contribution in [0.15, 0.2) is 0 Å². The van der Waals surface area contributed by atoms with E-state index in [1.807, 2.05) is 0 Å². The zero-order valence-electron chi connectivity index (χ0n) is 10.8. The predicted molar refractivity (Wildman–Crippen MR) is 65.6 cm³/mol. The second kappa shape index (κ2) is 8.28. The van der Waals surface area contributed by atoms with Crippen LogP contribution in [0.1, 0.15) is 52.9 Å². The summed E-state index contributed by atoms with van der Waals surface area (Å²) in [5.74, 6) is 1.87. The van der Waals surface area contributed by atoms with Gasteiger partial charge in [-0.1, -0.05) is 40.0 Å². The second-order valence-corrected chi connectivity index (χ2v) is 5.00. The molecule has 0 amide bonds. The number of nitrogens with zero attached hydrogens (tertiary/aromatic N) is 1. The van der Waals surface area contributed by atoms with E-state index < -0.39 is 0 Å². The molecule has 0 bridgehead atoms. The highest BCUT2D eigenvalue weighted by Gasteiger charge is 2.11. The summed E-state index contributed by atoms with van der Waals surface area (Å²) in [6.07, 6.45) is 6.90. The highest BCUT2D eigenvalue weighted by Crippen LogP contribution is 2.22. The molecule has 0 fully saturated rings. The smallest absolute Gasteiger partial charge is 0.00222 e. The van der Waals surface area contributed by atoms with E-state index in [1.165, 1.54) is 38.6 Å². The van der Waals surface area contributed by atoms with Crippen LogP contribution >= 0.6 is 0 Å². The maximum absolute atomic E-state index is 2.39. The molecule has 86 valence electrons. The SMILES string of the molecule is CCCC(CCN(C)C)C[C@H](C)CC. The first-order valence-corrected chi connectivity index (χ1v) is 6.24. The summed E-state index contributed by atoms with van der Waals surface area (Å²) < 4.78 is 0. The van der Waals surface area contributed by atoms with Crippen LogP contribution in [0.2, 0.25) is 0 Å². The summed E-state index contributed by atoms with van der Waals surface area (Å²) in [5, 5.41) is 0. The van der Waals surface area contributed by atoms with Gasteiger partial charge in [0.2, 0.25) is 0 Å². The Kier molecular flexibility index (Phi) is 8.26. The average molecular weight is 199 g/mol. The molecule has 0 N–H and O–H groups in total. The Balaban J connectivity index is 3.76. The fraction of sp³-hybridized carbons (Fsp3) is 1.00. The van der Waals surface area contributed by atoms with Crippen LogP contribution in [-0.2, 0) is 0 Å². The third-order valence-corrected chi connectivity index (χ3v) is 3.11. The Morgan fingerprint density at radius 1 is 1.07 bits per heavy atom. The highest BCUT2D eigenvalue weighted by atomic mass is 15.0. The second-order valence-electron chi connectivity index (χ2n) is 5.00. The summed E-state index contributed by atoms with van der Waals surface area (Å²) in [5.41, 5.74) is 0. The van der Waals surface area contributed by atoms with Gasteiger partial charge in [0.25, 0.3) is 0 Å². The number of hydrogen-bond donors (Lipinski definition) is 0. The van der Waals surface area contributed by atoms with Crippen molar-refractivity contribution in [3.63, 3.8) is 0 Å². The molecule has 14 heavy (non-hydrogen) atoms. The van der Waals surface area contributed by atoms with Crippen LogP contribution < -0.4 is 0 Å². The van der Waals surface area contributed by atoms with Crippen molar-refractivity contribution in [3.8, 4) is 0 Å². The fourth-order valence-corrected chi connectivity index (χ4v) is 1.96. The lowest BCUT2D eigenvalue weighted by Crippen LogP contribution is -2.18. The molecular weight excluding hydrogens is 170 g/mol. The van der Waals surface area contributed by atoms with Crippen molar-refractivity contribution in [3.05, 3.63) is 0 Å². The number of rotatable bonds is 8. The summed E-state index contributed by atoms with van der Waals surface area (Å²) in [4.78, 5) is 2.30. The quantitative estimate of drug-likeness (QED) is 0.575. The van der Waals surface area contributed by atoms with Crippen molar-refractivity contribution in [2.24, 2.45) is 11.8 Å². The minimum Gasteiger partial charge on any atom is -0.309 e. The van der Waals surface area contributed by atoms with E-state index in [0.29, 0.717) is 0 Å². The molecule has 0 heterocycles. The molecular formula is C13H29N. The van der Waals surface area contributed by atoms with Gasteiger partial charge in [-0.15, -0.1) is 0 Å². The maximum Gasteiger partial charge on any atom is -0.00222 e. The first-order valence-electron chi connectivity index (χ1n) is 6.24. The first kappa shape index (κ1) is 14.0. The Bertz CT molecular complexity index is 120. The van der Waals surface area contributed by atoms with E-state index in [2.05, 4.69) is 39.8 Å². The predicted octanol–water partition coefficient (Wildman–Crippen LogP) is 3.79. The topological polar surface area (TPSA) is 3.24 Å². The summed E-state index contributed by atoms with van der Waals surface area (Å²) >= 11 is 0. The third-order valence-electron chi connectivity index (χ3n) is 3.11. The lowest BCUT2D eigenvalue weighted by Gasteiger charge is -2.21. The van der Waals surface area contributed by atoms with Gasteiger partial charge < -0.3 is 4.90 Å².